The number of hydrogen-bond donors (Lipinski definition) is 2. The summed E-state index contributed by atoms with van der Waals surface area (Å²) in [6.07, 6.45) is 4.21. The first kappa shape index (κ1) is 15.4. The first-order valence-corrected chi connectivity index (χ1v) is 9.76. The maximum absolute atomic E-state index is 12.5. The summed E-state index contributed by atoms with van der Waals surface area (Å²) in [4.78, 5) is 4.23. The Morgan fingerprint density at radius 3 is 2.95 bits per heavy atom. The highest BCUT2D eigenvalue weighted by Crippen LogP contribution is 2.29. The number of sulfonamides is 1. The lowest BCUT2D eigenvalue weighted by Gasteiger charge is -2.34. The van der Waals surface area contributed by atoms with Gasteiger partial charge in [-0.25, -0.2) is 13.1 Å². The van der Waals surface area contributed by atoms with Crippen LogP contribution in [-0.2, 0) is 16.6 Å². The summed E-state index contributed by atoms with van der Waals surface area (Å²) in [6, 6.07) is 2.17. The molecule has 1 aromatic heterocycles. The molecule has 0 amide bonds. The minimum Gasteiger partial charge on any atom is -0.391 e. The van der Waals surface area contributed by atoms with Gasteiger partial charge in [-0.1, -0.05) is 0 Å². The molecule has 2 aliphatic rings. The topological polar surface area (TPSA) is 69.6 Å². The van der Waals surface area contributed by atoms with Crippen LogP contribution in [0.25, 0.3) is 0 Å². The first-order chi connectivity index (χ1) is 9.99. The molecule has 3 heterocycles. The van der Waals surface area contributed by atoms with Crippen LogP contribution in [0.1, 0.15) is 35.4 Å². The van der Waals surface area contributed by atoms with E-state index in [9.17, 15) is 8.42 Å². The van der Waals surface area contributed by atoms with Crippen LogP contribution < -0.4 is 4.72 Å². The molecule has 118 valence electrons. The van der Waals surface area contributed by atoms with Crippen molar-refractivity contribution in [1.29, 1.82) is 0 Å². The summed E-state index contributed by atoms with van der Waals surface area (Å²) >= 11 is 1.34. The fourth-order valence-corrected chi connectivity index (χ4v) is 6.26. The van der Waals surface area contributed by atoms with Crippen molar-refractivity contribution in [1.82, 2.24) is 9.62 Å². The summed E-state index contributed by atoms with van der Waals surface area (Å²) < 4.78 is 28.0. The third kappa shape index (κ3) is 3.17. The molecule has 1 aromatic rings. The molecule has 0 aromatic carbocycles. The monoisotopic (exact) mass is 330 g/mol. The second kappa shape index (κ2) is 5.96. The Kier molecular flexibility index (Phi) is 4.38. The summed E-state index contributed by atoms with van der Waals surface area (Å²) in [5, 5.41) is 9.15. The largest absolute Gasteiger partial charge is 0.391 e. The highest BCUT2D eigenvalue weighted by molar-refractivity contribution is 7.89. The number of nitrogens with zero attached hydrogens (tertiary/aromatic N) is 1. The number of rotatable bonds is 4. The Morgan fingerprint density at radius 2 is 2.24 bits per heavy atom. The second-order valence-electron chi connectivity index (χ2n) is 5.97. The van der Waals surface area contributed by atoms with E-state index in [4.69, 9.17) is 5.11 Å². The van der Waals surface area contributed by atoms with Gasteiger partial charge in [-0.3, -0.25) is 0 Å². The van der Waals surface area contributed by atoms with Gasteiger partial charge >= 0.3 is 0 Å². The van der Waals surface area contributed by atoms with Gasteiger partial charge in [-0.05, 0) is 51.8 Å². The number of aliphatic hydroxyl groups is 1. The molecule has 2 atom stereocenters. The van der Waals surface area contributed by atoms with Gasteiger partial charge < -0.3 is 10.0 Å². The molecule has 0 spiro atoms. The SMILES string of the molecule is Cc1sc(CO)cc1S(=O)(=O)NC1CCN2CCCC2C1. The number of thiophene rings is 1. The molecular weight excluding hydrogens is 308 g/mol. The van der Waals surface area contributed by atoms with Crippen LogP contribution >= 0.6 is 11.3 Å². The third-order valence-corrected chi connectivity index (χ3v) is 7.32. The minimum atomic E-state index is -3.48. The Hall–Kier alpha value is -0.470. The van der Waals surface area contributed by atoms with Gasteiger partial charge in [0.1, 0.15) is 0 Å². The summed E-state index contributed by atoms with van der Waals surface area (Å²) in [5.41, 5.74) is 0. The first-order valence-electron chi connectivity index (χ1n) is 7.46. The zero-order valence-corrected chi connectivity index (χ0v) is 13.8. The third-order valence-electron chi connectivity index (χ3n) is 4.51. The van der Waals surface area contributed by atoms with Crippen LogP contribution in [0.2, 0.25) is 0 Å². The highest BCUT2D eigenvalue weighted by Gasteiger charge is 2.34. The van der Waals surface area contributed by atoms with Crippen LogP contribution in [0.4, 0.5) is 0 Å². The highest BCUT2D eigenvalue weighted by atomic mass is 32.2. The van der Waals surface area contributed by atoms with E-state index >= 15 is 0 Å². The lowest BCUT2D eigenvalue weighted by Crippen LogP contribution is -2.47. The number of nitrogens with one attached hydrogen (secondary N) is 1. The van der Waals surface area contributed by atoms with Crippen molar-refractivity contribution < 1.29 is 13.5 Å². The Balaban J connectivity index is 1.72. The Morgan fingerprint density at radius 1 is 1.43 bits per heavy atom. The van der Waals surface area contributed by atoms with E-state index in [-0.39, 0.29) is 12.6 Å². The number of aliphatic hydroxyl groups excluding tert-OH is 1. The smallest absolute Gasteiger partial charge is 0.241 e. The molecule has 2 aliphatic heterocycles. The molecule has 3 rings (SSSR count). The number of fused-ring (bicyclic) bond motifs is 1. The van der Waals surface area contributed by atoms with Gasteiger partial charge in [-0.15, -0.1) is 11.3 Å². The number of hydrogen-bond acceptors (Lipinski definition) is 5. The summed E-state index contributed by atoms with van der Waals surface area (Å²) in [5.74, 6) is 0. The van der Waals surface area contributed by atoms with E-state index in [1.807, 2.05) is 0 Å². The van der Waals surface area contributed by atoms with E-state index in [1.165, 1.54) is 24.2 Å². The van der Waals surface area contributed by atoms with E-state index in [0.717, 1.165) is 30.8 Å². The van der Waals surface area contributed by atoms with Gasteiger partial charge in [-0.2, -0.15) is 0 Å². The molecule has 2 N–H and O–H groups in total. The molecule has 21 heavy (non-hydrogen) atoms. The van der Waals surface area contributed by atoms with Crippen molar-refractivity contribution in [3.05, 3.63) is 15.8 Å². The molecule has 0 radical (unpaired) electrons. The van der Waals surface area contributed by atoms with Crippen LogP contribution in [0, 0.1) is 6.92 Å². The Bertz CT molecular complexity index is 612. The maximum Gasteiger partial charge on any atom is 0.241 e. The average Bonchev–Trinajstić information content (AvgIpc) is 3.04. The molecule has 2 saturated heterocycles. The van der Waals surface area contributed by atoms with E-state index in [0.29, 0.717) is 15.8 Å². The molecule has 0 bridgehead atoms. The van der Waals surface area contributed by atoms with Crippen molar-refractivity contribution in [2.45, 2.75) is 56.2 Å². The van der Waals surface area contributed by atoms with Crippen molar-refractivity contribution in [2.75, 3.05) is 13.1 Å². The maximum atomic E-state index is 12.5. The second-order valence-corrected chi connectivity index (χ2v) is 8.99. The van der Waals surface area contributed by atoms with Gasteiger partial charge in [0.05, 0.1) is 11.5 Å². The van der Waals surface area contributed by atoms with E-state index < -0.39 is 10.0 Å². The normalized spacial score (nSPS) is 27.0. The zero-order valence-electron chi connectivity index (χ0n) is 12.2. The lowest BCUT2D eigenvalue weighted by atomic mass is 9.99. The molecule has 2 fully saturated rings. The van der Waals surface area contributed by atoms with Gasteiger partial charge in [0.15, 0.2) is 0 Å². The fraction of sp³-hybridized carbons (Fsp3) is 0.714. The molecule has 0 saturated carbocycles. The van der Waals surface area contributed by atoms with Gasteiger partial charge in [0.2, 0.25) is 10.0 Å². The van der Waals surface area contributed by atoms with Crippen molar-refractivity contribution in [3.63, 3.8) is 0 Å². The van der Waals surface area contributed by atoms with Gasteiger partial charge in [0, 0.05) is 21.8 Å². The van der Waals surface area contributed by atoms with Crippen LogP contribution in [0.5, 0.6) is 0 Å². The number of piperidine rings is 1. The fourth-order valence-electron chi connectivity index (χ4n) is 3.48. The molecular formula is C14H22N2O3S2. The number of aryl methyl sites for hydroxylation is 1. The predicted molar refractivity (Wildman–Crippen MR) is 82.9 cm³/mol. The predicted octanol–water partition coefficient (Wildman–Crippen LogP) is 1.45. The molecule has 5 nitrogen and oxygen atoms in total. The molecule has 0 aliphatic carbocycles. The van der Waals surface area contributed by atoms with Gasteiger partial charge in [0.25, 0.3) is 0 Å². The lowest BCUT2D eigenvalue weighted by molar-refractivity contribution is 0.176. The average molecular weight is 330 g/mol. The van der Waals surface area contributed by atoms with Crippen LogP contribution in [-0.4, -0.2) is 43.6 Å². The van der Waals surface area contributed by atoms with E-state index in [1.54, 1.807) is 13.0 Å². The zero-order chi connectivity index (χ0) is 15.0. The van der Waals surface area contributed by atoms with Crippen molar-refractivity contribution in [2.24, 2.45) is 0 Å². The van der Waals surface area contributed by atoms with Crippen LogP contribution in [0.15, 0.2) is 11.0 Å². The van der Waals surface area contributed by atoms with Crippen LogP contribution in [0.3, 0.4) is 0 Å². The Labute approximate surface area is 130 Å². The minimum absolute atomic E-state index is 0.0335. The molecule has 7 heteroatoms. The van der Waals surface area contributed by atoms with Crippen molar-refractivity contribution in [3.8, 4) is 0 Å². The quantitative estimate of drug-likeness (QED) is 0.877. The van der Waals surface area contributed by atoms with Crippen molar-refractivity contribution >= 4 is 21.4 Å². The van der Waals surface area contributed by atoms with E-state index in [2.05, 4.69) is 9.62 Å². The summed E-state index contributed by atoms with van der Waals surface area (Å²) in [6.45, 7) is 3.83. The summed E-state index contributed by atoms with van der Waals surface area (Å²) in [7, 11) is -3.48. The standard InChI is InChI=1S/C14H22N2O3S2/c1-10-14(8-13(9-17)20-10)21(18,19)15-11-4-6-16-5-2-3-12(16)7-11/h8,11-12,15,17H,2-7,9H2,1H3. The molecule has 2 unspecified atom stereocenters.